The predicted octanol–water partition coefficient (Wildman–Crippen LogP) is 5.37. The summed E-state index contributed by atoms with van der Waals surface area (Å²) >= 11 is 2.26. The van der Waals surface area contributed by atoms with Crippen LogP contribution in [0.1, 0.15) is 52.4 Å². The molecule has 0 spiro atoms. The molecule has 0 aliphatic heterocycles. The Morgan fingerprint density at radius 3 is 2.41 bits per heavy atom. The Morgan fingerprint density at radius 2 is 1.88 bits per heavy atom. The summed E-state index contributed by atoms with van der Waals surface area (Å²) in [5.41, 5.74) is 0. The van der Waals surface area contributed by atoms with Crippen molar-refractivity contribution in [3.05, 3.63) is 0 Å². The van der Waals surface area contributed by atoms with Gasteiger partial charge in [0.2, 0.25) is 0 Å². The molecule has 0 saturated carbocycles. The van der Waals surface area contributed by atoms with Gasteiger partial charge in [0.15, 0.2) is 0 Å². The number of nitrogens with zero attached hydrogens (tertiary/aromatic N) is 1. The molecule has 0 aliphatic rings. The zero-order chi connectivity index (χ0) is 13.1. The molecular weight excluding hydrogens is 242 g/mol. The lowest BCUT2D eigenvalue weighted by Crippen LogP contribution is -2.20. The molecule has 0 aromatic heterocycles. The highest BCUT2D eigenvalue weighted by atomic mass is 32.4. The van der Waals surface area contributed by atoms with Crippen molar-refractivity contribution in [1.29, 1.82) is 0 Å². The molecule has 0 aromatic carbocycles. The van der Waals surface area contributed by atoms with E-state index in [2.05, 4.69) is 55.9 Å². The van der Waals surface area contributed by atoms with E-state index in [1.165, 1.54) is 32.1 Å². The zero-order valence-corrected chi connectivity index (χ0v) is 14.3. The molecule has 0 aromatic rings. The molecule has 0 fully saturated rings. The van der Waals surface area contributed by atoms with Crippen molar-refractivity contribution >= 4 is 24.6 Å². The van der Waals surface area contributed by atoms with Gasteiger partial charge in [-0.3, -0.25) is 4.99 Å². The first kappa shape index (κ1) is 17.2. The van der Waals surface area contributed by atoms with Gasteiger partial charge in [-0.2, -0.15) is 11.2 Å². The van der Waals surface area contributed by atoms with Crippen LogP contribution in [0.15, 0.2) is 4.99 Å². The molecule has 0 radical (unpaired) electrons. The standard InChI is InChI=1S/C14H31NSSi/c1-6-8-9-12-15-13-10-11-14(7-2)16-17(3,4)5/h12,14H,6-11,13H2,1-5H3/b15-12+. The number of rotatable bonds is 10. The largest absolute Gasteiger partial charge is 0.298 e. The highest BCUT2D eigenvalue weighted by Gasteiger charge is 2.19. The molecule has 0 saturated heterocycles. The van der Waals surface area contributed by atoms with Crippen molar-refractivity contribution in [2.75, 3.05) is 6.54 Å². The van der Waals surface area contributed by atoms with Crippen molar-refractivity contribution in [3.63, 3.8) is 0 Å². The fraction of sp³-hybridized carbons (Fsp3) is 0.929. The van der Waals surface area contributed by atoms with Gasteiger partial charge in [-0.05, 0) is 43.6 Å². The van der Waals surface area contributed by atoms with Crippen molar-refractivity contribution in [2.24, 2.45) is 4.99 Å². The summed E-state index contributed by atoms with van der Waals surface area (Å²) in [6.45, 7) is 12.9. The Bertz CT molecular complexity index is 199. The number of unbranched alkanes of at least 4 members (excludes halogenated alkanes) is 2. The summed E-state index contributed by atoms with van der Waals surface area (Å²) in [6.07, 6.45) is 9.76. The highest BCUT2D eigenvalue weighted by molar-refractivity contribution is 8.29. The first-order chi connectivity index (χ1) is 7.99. The van der Waals surface area contributed by atoms with Gasteiger partial charge in [-0.25, -0.2) is 0 Å². The molecule has 17 heavy (non-hydrogen) atoms. The maximum Gasteiger partial charge on any atom is 0.108 e. The van der Waals surface area contributed by atoms with Crippen LogP contribution in [0.4, 0.5) is 0 Å². The van der Waals surface area contributed by atoms with Gasteiger partial charge in [0.05, 0.1) is 0 Å². The fourth-order valence-corrected chi connectivity index (χ4v) is 7.04. The molecule has 1 nitrogen and oxygen atoms in total. The summed E-state index contributed by atoms with van der Waals surface area (Å²) in [5.74, 6) is 0. The molecule has 102 valence electrons. The van der Waals surface area contributed by atoms with Crippen LogP contribution in [0.25, 0.3) is 0 Å². The Balaban J connectivity index is 3.60. The Hall–Kier alpha value is 0.237. The number of aliphatic imine (C=N–C) groups is 1. The van der Waals surface area contributed by atoms with Gasteiger partial charge in [-0.15, -0.1) is 0 Å². The minimum Gasteiger partial charge on any atom is -0.298 e. The molecule has 0 heterocycles. The molecule has 0 amide bonds. The minimum absolute atomic E-state index is 0.868. The first-order valence-corrected chi connectivity index (χ1v) is 12.3. The molecule has 0 aliphatic carbocycles. The van der Waals surface area contributed by atoms with E-state index in [4.69, 9.17) is 0 Å². The van der Waals surface area contributed by atoms with Crippen molar-refractivity contribution in [2.45, 2.75) is 77.3 Å². The quantitative estimate of drug-likeness (QED) is 0.296. The van der Waals surface area contributed by atoms with E-state index in [1.807, 2.05) is 0 Å². The van der Waals surface area contributed by atoms with Crippen LogP contribution in [0.2, 0.25) is 19.6 Å². The normalized spacial score (nSPS) is 14.4. The average molecular weight is 274 g/mol. The van der Waals surface area contributed by atoms with Gasteiger partial charge < -0.3 is 0 Å². The van der Waals surface area contributed by atoms with Crippen LogP contribution in [0.3, 0.4) is 0 Å². The summed E-state index contributed by atoms with van der Waals surface area (Å²) in [4.78, 5) is 4.49. The van der Waals surface area contributed by atoms with Crippen molar-refractivity contribution in [3.8, 4) is 0 Å². The highest BCUT2D eigenvalue weighted by Crippen LogP contribution is 2.29. The van der Waals surface area contributed by atoms with Crippen LogP contribution in [0.5, 0.6) is 0 Å². The van der Waals surface area contributed by atoms with E-state index in [0.29, 0.717) is 0 Å². The lowest BCUT2D eigenvalue weighted by molar-refractivity contribution is 0.692. The summed E-state index contributed by atoms with van der Waals surface area (Å²) in [7, 11) is -0.949. The van der Waals surface area contributed by atoms with Crippen LogP contribution in [0, 0.1) is 0 Å². The lowest BCUT2D eigenvalue weighted by atomic mass is 10.2. The maximum atomic E-state index is 4.49. The second kappa shape index (κ2) is 10.2. The van der Waals surface area contributed by atoms with E-state index < -0.39 is 7.22 Å². The first-order valence-electron chi connectivity index (χ1n) is 7.15. The summed E-state index contributed by atoms with van der Waals surface area (Å²) in [5, 5.41) is 0.868. The van der Waals surface area contributed by atoms with Crippen LogP contribution in [-0.4, -0.2) is 25.2 Å². The third kappa shape index (κ3) is 12.5. The van der Waals surface area contributed by atoms with Crippen molar-refractivity contribution < 1.29 is 0 Å². The summed E-state index contributed by atoms with van der Waals surface area (Å²) in [6, 6.07) is 0. The second-order valence-corrected chi connectivity index (χ2v) is 15.1. The molecule has 1 unspecified atom stereocenters. The Labute approximate surface area is 114 Å². The molecule has 0 rings (SSSR count). The Morgan fingerprint density at radius 1 is 1.18 bits per heavy atom. The monoisotopic (exact) mass is 273 g/mol. The number of hydrogen-bond donors (Lipinski definition) is 0. The van der Waals surface area contributed by atoms with Crippen LogP contribution < -0.4 is 0 Å². The third-order valence-electron chi connectivity index (χ3n) is 2.60. The van der Waals surface area contributed by atoms with Gasteiger partial charge in [0.1, 0.15) is 7.22 Å². The van der Waals surface area contributed by atoms with Crippen molar-refractivity contribution in [1.82, 2.24) is 0 Å². The van der Waals surface area contributed by atoms with Crippen LogP contribution >= 0.6 is 11.2 Å². The fourth-order valence-electron chi connectivity index (χ4n) is 1.73. The third-order valence-corrected chi connectivity index (χ3v) is 7.34. The molecule has 0 bridgehead atoms. The Kier molecular flexibility index (Phi) is 10.3. The van der Waals surface area contributed by atoms with Crippen LogP contribution in [-0.2, 0) is 0 Å². The van der Waals surface area contributed by atoms with E-state index >= 15 is 0 Å². The molecule has 3 heteroatoms. The lowest BCUT2D eigenvalue weighted by Gasteiger charge is -2.23. The van der Waals surface area contributed by atoms with Gasteiger partial charge in [0.25, 0.3) is 0 Å². The second-order valence-electron chi connectivity index (χ2n) is 5.63. The predicted molar refractivity (Wildman–Crippen MR) is 87.1 cm³/mol. The van der Waals surface area contributed by atoms with Gasteiger partial charge in [0, 0.05) is 6.54 Å². The van der Waals surface area contributed by atoms with E-state index in [9.17, 15) is 0 Å². The van der Waals surface area contributed by atoms with E-state index in [-0.39, 0.29) is 0 Å². The van der Waals surface area contributed by atoms with E-state index in [1.54, 1.807) is 0 Å². The average Bonchev–Trinajstić information content (AvgIpc) is 2.24. The SMILES string of the molecule is CCCC/C=N/CCCC(CC)S[Si](C)(C)C. The van der Waals surface area contributed by atoms with Gasteiger partial charge >= 0.3 is 0 Å². The zero-order valence-electron chi connectivity index (χ0n) is 12.5. The minimum atomic E-state index is -0.949. The molecule has 0 N–H and O–H groups in total. The number of hydrogen-bond acceptors (Lipinski definition) is 2. The maximum absolute atomic E-state index is 4.49. The summed E-state index contributed by atoms with van der Waals surface area (Å²) < 4.78 is 0. The smallest absolute Gasteiger partial charge is 0.108 e. The van der Waals surface area contributed by atoms with E-state index in [0.717, 1.165) is 18.2 Å². The van der Waals surface area contributed by atoms with Gasteiger partial charge in [-0.1, -0.05) is 39.9 Å². The molecular formula is C14H31NSSi. The molecule has 1 atom stereocenters. The topological polar surface area (TPSA) is 12.4 Å².